The summed E-state index contributed by atoms with van der Waals surface area (Å²) in [5.74, 6) is -1.03. The van der Waals surface area contributed by atoms with Crippen molar-refractivity contribution in [3.8, 4) is 0 Å². The molecule has 24 heavy (non-hydrogen) atoms. The highest BCUT2D eigenvalue weighted by molar-refractivity contribution is 6.06. The molecule has 0 saturated carbocycles. The Kier molecular flexibility index (Phi) is 4.51. The Bertz CT molecular complexity index is 851. The molecule has 1 aliphatic carbocycles. The highest BCUT2D eigenvalue weighted by atomic mass is 35.5. The van der Waals surface area contributed by atoms with Crippen molar-refractivity contribution < 1.29 is 8.78 Å². The fourth-order valence-electron chi connectivity index (χ4n) is 3.33. The number of alkyl halides is 2. The monoisotopic (exact) mass is 351 g/mol. The summed E-state index contributed by atoms with van der Waals surface area (Å²) in [6.07, 6.45) is 3.00. The quantitative estimate of drug-likeness (QED) is 0.890. The maximum Gasteiger partial charge on any atom is 0.255 e. The van der Waals surface area contributed by atoms with Gasteiger partial charge in [-0.25, -0.2) is 8.78 Å². The summed E-state index contributed by atoms with van der Waals surface area (Å²) in [5.41, 5.74) is 3.17. The molecule has 0 aromatic carbocycles. The first kappa shape index (κ1) is 16.8. The topological polar surface area (TPSA) is 46.4 Å². The van der Waals surface area contributed by atoms with Gasteiger partial charge in [0.15, 0.2) is 0 Å². The van der Waals surface area contributed by atoms with Gasteiger partial charge >= 0.3 is 0 Å². The van der Waals surface area contributed by atoms with E-state index in [1.54, 1.807) is 24.4 Å². The minimum atomic E-state index is -2.54. The molecule has 1 fully saturated rings. The van der Waals surface area contributed by atoms with E-state index in [1.165, 1.54) is 16.7 Å². The van der Waals surface area contributed by atoms with Crippen LogP contribution in [0.5, 0.6) is 0 Å². The van der Waals surface area contributed by atoms with Crippen molar-refractivity contribution in [2.45, 2.75) is 12.8 Å². The molecule has 7 heteroatoms. The van der Waals surface area contributed by atoms with Gasteiger partial charge in [-0.3, -0.25) is 14.4 Å². The number of aliphatic imine (C=N–C) groups is 1. The summed E-state index contributed by atoms with van der Waals surface area (Å²) in [5, 5.41) is 3.21. The maximum absolute atomic E-state index is 13.6. The lowest BCUT2D eigenvalue weighted by Gasteiger charge is -2.24. The molecule has 1 N–H and O–H groups in total. The number of piperidine rings is 1. The van der Waals surface area contributed by atoms with E-state index >= 15 is 0 Å². The van der Waals surface area contributed by atoms with Crippen LogP contribution >= 0.6 is 12.4 Å². The van der Waals surface area contributed by atoms with Gasteiger partial charge in [0.25, 0.3) is 5.56 Å². The third kappa shape index (κ3) is 2.65. The van der Waals surface area contributed by atoms with E-state index in [1.807, 2.05) is 0 Å². The molecule has 1 aromatic rings. The van der Waals surface area contributed by atoms with Crippen molar-refractivity contribution >= 4 is 23.8 Å². The van der Waals surface area contributed by atoms with Gasteiger partial charge in [0.1, 0.15) is 0 Å². The highest BCUT2D eigenvalue weighted by Crippen LogP contribution is 2.41. The predicted molar refractivity (Wildman–Crippen MR) is 91.7 cm³/mol. The van der Waals surface area contributed by atoms with Crippen molar-refractivity contribution in [1.29, 1.82) is 0 Å². The van der Waals surface area contributed by atoms with Crippen LogP contribution in [-0.4, -0.2) is 29.8 Å². The van der Waals surface area contributed by atoms with Crippen LogP contribution in [0.15, 0.2) is 63.2 Å². The second kappa shape index (κ2) is 6.45. The molecule has 1 saturated heterocycles. The molecule has 126 valence electrons. The fourth-order valence-corrected chi connectivity index (χ4v) is 3.33. The van der Waals surface area contributed by atoms with Crippen LogP contribution < -0.4 is 10.9 Å². The van der Waals surface area contributed by atoms with Crippen LogP contribution in [0.1, 0.15) is 6.42 Å². The number of hydrogen-bond acceptors (Lipinski definition) is 3. The molecule has 0 radical (unpaired) electrons. The molecular formula is C17H16ClF2N3O. The summed E-state index contributed by atoms with van der Waals surface area (Å²) in [6.45, 7) is 1.38. The first-order valence-corrected chi connectivity index (χ1v) is 7.57. The van der Waals surface area contributed by atoms with Gasteiger partial charge < -0.3 is 5.32 Å². The van der Waals surface area contributed by atoms with Gasteiger partial charge in [-0.2, -0.15) is 0 Å². The highest BCUT2D eigenvalue weighted by Gasteiger charge is 2.36. The Morgan fingerprint density at radius 1 is 1.33 bits per heavy atom. The molecule has 1 atom stereocenters. The number of halogens is 3. The van der Waals surface area contributed by atoms with E-state index in [0.29, 0.717) is 23.5 Å². The van der Waals surface area contributed by atoms with Gasteiger partial charge in [0.2, 0.25) is 6.43 Å². The molecule has 2 aliphatic heterocycles. The third-order valence-electron chi connectivity index (χ3n) is 4.39. The van der Waals surface area contributed by atoms with Gasteiger partial charge in [0.05, 0.1) is 11.6 Å². The number of allylic oxidation sites excluding steroid dienone is 4. The van der Waals surface area contributed by atoms with Crippen molar-refractivity contribution in [1.82, 2.24) is 9.88 Å². The lowest BCUT2D eigenvalue weighted by atomic mass is 9.86. The summed E-state index contributed by atoms with van der Waals surface area (Å²) in [6, 6.07) is 4.74. The number of nitrogens with one attached hydrogen (secondary N) is 1. The minimum Gasteiger partial charge on any atom is -0.312 e. The lowest BCUT2D eigenvalue weighted by molar-refractivity contribution is 0.116. The number of fused-ring (bicyclic) bond motifs is 2. The molecule has 3 aliphatic rings. The van der Waals surface area contributed by atoms with E-state index in [9.17, 15) is 13.6 Å². The minimum absolute atomic E-state index is 0. The molecule has 4 nitrogen and oxygen atoms in total. The van der Waals surface area contributed by atoms with Crippen LogP contribution in [0.2, 0.25) is 0 Å². The van der Waals surface area contributed by atoms with Gasteiger partial charge in [0, 0.05) is 43.2 Å². The first-order chi connectivity index (χ1) is 11.1. The zero-order chi connectivity index (χ0) is 16.0. The summed E-state index contributed by atoms with van der Waals surface area (Å²) >= 11 is 0. The fraction of sp³-hybridized carbons (Fsp3) is 0.294. The van der Waals surface area contributed by atoms with E-state index in [4.69, 9.17) is 0 Å². The standard InChI is InChI=1S/C17H15F2N3O.ClH/c18-17(19)11-7-10(22-6-2-1-3-15(22)23)8-14-16(11)12-9-20-5-4-13(12)21-14;/h1-3,6-8,11,17,20H,4-5,9H2;1H. The van der Waals surface area contributed by atoms with Crippen molar-refractivity contribution in [3.63, 3.8) is 0 Å². The number of nitrogens with zero attached hydrogens (tertiary/aromatic N) is 2. The second-order valence-electron chi connectivity index (χ2n) is 5.77. The average Bonchev–Trinajstić information content (AvgIpc) is 2.92. The SMILES string of the molecule is Cl.O=c1ccccn1C1=CC(C(F)F)C2=C3CNCCC3=NC2=C1. The zero-order valence-corrected chi connectivity index (χ0v) is 13.5. The molecule has 0 amide bonds. The summed E-state index contributed by atoms with van der Waals surface area (Å²) in [4.78, 5) is 16.5. The van der Waals surface area contributed by atoms with Crippen LogP contribution in [-0.2, 0) is 0 Å². The van der Waals surface area contributed by atoms with Gasteiger partial charge in [-0.1, -0.05) is 6.07 Å². The Balaban J connectivity index is 0.00000169. The van der Waals surface area contributed by atoms with Crippen LogP contribution in [0, 0.1) is 5.92 Å². The Hall–Kier alpha value is -2.05. The maximum atomic E-state index is 13.6. The Morgan fingerprint density at radius 3 is 2.92 bits per heavy atom. The second-order valence-corrected chi connectivity index (χ2v) is 5.77. The zero-order valence-electron chi connectivity index (χ0n) is 12.7. The van der Waals surface area contributed by atoms with Gasteiger partial charge in [-0.15, -0.1) is 12.4 Å². The summed E-state index contributed by atoms with van der Waals surface area (Å²) < 4.78 is 28.7. The molecule has 3 heterocycles. The van der Waals surface area contributed by atoms with E-state index in [0.717, 1.165) is 24.3 Å². The van der Waals surface area contributed by atoms with E-state index in [-0.39, 0.29) is 18.0 Å². The van der Waals surface area contributed by atoms with Crippen molar-refractivity contribution in [3.05, 3.63) is 63.7 Å². The predicted octanol–water partition coefficient (Wildman–Crippen LogP) is 2.63. The van der Waals surface area contributed by atoms with Crippen molar-refractivity contribution in [2.75, 3.05) is 13.1 Å². The largest absolute Gasteiger partial charge is 0.312 e. The van der Waals surface area contributed by atoms with Crippen molar-refractivity contribution in [2.24, 2.45) is 10.9 Å². The lowest BCUT2D eigenvalue weighted by Crippen LogP contribution is -2.31. The first-order valence-electron chi connectivity index (χ1n) is 7.57. The smallest absolute Gasteiger partial charge is 0.255 e. The van der Waals surface area contributed by atoms with Crippen LogP contribution in [0.4, 0.5) is 8.78 Å². The molecular weight excluding hydrogens is 336 g/mol. The average molecular weight is 352 g/mol. The van der Waals surface area contributed by atoms with E-state index in [2.05, 4.69) is 10.3 Å². The summed E-state index contributed by atoms with van der Waals surface area (Å²) in [7, 11) is 0. The number of pyridine rings is 1. The molecule has 4 rings (SSSR count). The number of hydrogen-bond donors (Lipinski definition) is 1. The number of aromatic nitrogens is 1. The molecule has 1 aromatic heterocycles. The number of rotatable bonds is 2. The molecule has 0 spiro atoms. The third-order valence-corrected chi connectivity index (χ3v) is 4.39. The normalized spacial score (nSPS) is 22.3. The Morgan fingerprint density at radius 2 is 2.17 bits per heavy atom. The van der Waals surface area contributed by atoms with E-state index < -0.39 is 12.3 Å². The van der Waals surface area contributed by atoms with Gasteiger partial charge in [-0.05, 0) is 29.4 Å². The molecule has 0 bridgehead atoms. The molecule has 1 unspecified atom stereocenters. The van der Waals surface area contributed by atoms with Crippen LogP contribution in [0.25, 0.3) is 5.70 Å². The van der Waals surface area contributed by atoms with Crippen LogP contribution in [0.3, 0.4) is 0 Å². The Labute approximate surface area is 143 Å².